The smallest absolute Gasteiger partial charge is 0.344 e. The number of carboxylic acids is 1. The lowest BCUT2D eigenvalue weighted by Gasteiger charge is -2.25. The second-order valence-corrected chi connectivity index (χ2v) is 5.20. The maximum atomic E-state index is 12.2. The predicted molar refractivity (Wildman–Crippen MR) is 85.7 cm³/mol. The third kappa shape index (κ3) is 3.54. The number of carbonyl (C=O) groups excluding carboxylic acids is 2. The number of hydrogen-bond donors (Lipinski definition) is 2. The summed E-state index contributed by atoms with van der Waals surface area (Å²) in [6, 6.07) is 6.52. The third-order valence-electron chi connectivity index (χ3n) is 3.18. The zero-order valence-corrected chi connectivity index (χ0v) is 13.2. The Morgan fingerprint density at radius 2 is 2.04 bits per heavy atom. The molecule has 0 spiro atoms. The molecule has 0 bridgehead atoms. The van der Waals surface area contributed by atoms with E-state index >= 15 is 0 Å². The lowest BCUT2D eigenvalue weighted by atomic mass is 10.1. The van der Waals surface area contributed by atoms with Crippen LogP contribution in [0.15, 0.2) is 29.8 Å². The fourth-order valence-corrected chi connectivity index (χ4v) is 2.02. The number of carbonyl (C=O) groups is 3. The van der Waals surface area contributed by atoms with Crippen LogP contribution in [0.25, 0.3) is 6.08 Å². The average Bonchev–Trinajstić information content (AvgIpc) is 2.50. The predicted octanol–water partition coefficient (Wildman–Crippen LogP) is 0.795. The normalized spacial score (nSPS) is 17.9. The van der Waals surface area contributed by atoms with Gasteiger partial charge in [-0.05, 0) is 31.3 Å². The molecule has 1 aromatic rings. The van der Waals surface area contributed by atoms with E-state index in [4.69, 9.17) is 22.1 Å². The minimum Gasteiger partial charge on any atom is -0.479 e. The molecule has 1 aliphatic rings. The van der Waals surface area contributed by atoms with Crippen molar-refractivity contribution in [3.8, 4) is 5.75 Å². The van der Waals surface area contributed by atoms with Gasteiger partial charge >= 0.3 is 5.97 Å². The molecule has 2 N–H and O–H groups in total. The number of para-hydroxylation sites is 1. The van der Waals surface area contributed by atoms with Gasteiger partial charge in [0.1, 0.15) is 11.3 Å². The van der Waals surface area contributed by atoms with Crippen molar-refractivity contribution < 1.29 is 24.2 Å². The van der Waals surface area contributed by atoms with E-state index in [-0.39, 0.29) is 16.4 Å². The Kier molecular flexibility index (Phi) is 4.75. The van der Waals surface area contributed by atoms with Gasteiger partial charge in [-0.1, -0.05) is 18.2 Å². The highest BCUT2D eigenvalue weighted by molar-refractivity contribution is 7.80. The number of ether oxygens (including phenoxy) is 1. The number of rotatable bonds is 4. The van der Waals surface area contributed by atoms with Gasteiger partial charge in [0.05, 0.1) is 0 Å². The number of aliphatic carboxylic acids is 1. The van der Waals surface area contributed by atoms with Crippen LogP contribution in [-0.2, 0) is 14.4 Å². The van der Waals surface area contributed by atoms with Crippen LogP contribution in [0.2, 0.25) is 0 Å². The van der Waals surface area contributed by atoms with E-state index in [1.54, 1.807) is 24.3 Å². The summed E-state index contributed by atoms with van der Waals surface area (Å²) in [5.74, 6) is -2.02. The SMILES string of the molecule is C[C@@H](Oc1ccccc1/C=C1\C(=O)NC(=S)N(C)C1=O)C(=O)O. The van der Waals surface area contributed by atoms with E-state index in [1.807, 2.05) is 0 Å². The minimum atomic E-state index is -1.12. The fourth-order valence-electron chi connectivity index (χ4n) is 1.85. The van der Waals surface area contributed by atoms with Gasteiger partial charge in [-0.15, -0.1) is 0 Å². The second kappa shape index (κ2) is 6.57. The molecular weight excluding hydrogens is 320 g/mol. The fraction of sp³-hybridized carbons (Fsp3) is 0.200. The number of likely N-dealkylation sites (N-methyl/N-ethyl adjacent to an activating group) is 1. The Hall–Kier alpha value is -2.74. The summed E-state index contributed by atoms with van der Waals surface area (Å²) in [5, 5.41) is 11.4. The average molecular weight is 334 g/mol. The molecule has 2 rings (SSSR count). The molecule has 8 heteroatoms. The van der Waals surface area contributed by atoms with Crippen LogP contribution < -0.4 is 10.1 Å². The van der Waals surface area contributed by atoms with Crippen molar-refractivity contribution in [1.82, 2.24) is 10.2 Å². The molecule has 7 nitrogen and oxygen atoms in total. The second-order valence-electron chi connectivity index (χ2n) is 4.82. The van der Waals surface area contributed by atoms with Crippen LogP contribution >= 0.6 is 12.2 Å². The summed E-state index contributed by atoms with van der Waals surface area (Å²) in [6.07, 6.45) is 0.278. The summed E-state index contributed by atoms with van der Waals surface area (Å²) >= 11 is 4.87. The zero-order valence-electron chi connectivity index (χ0n) is 12.4. The van der Waals surface area contributed by atoms with Gasteiger partial charge in [0, 0.05) is 12.6 Å². The molecule has 1 aliphatic heterocycles. The lowest BCUT2D eigenvalue weighted by molar-refractivity contribution is -0.144. The lowest BCUT2D eigenvalue weighted by Crippen LogP contribution is -2.52. The first-order valence-electron chi connectivity index (χ1n) is 6.65. The summed E-state index contributed by atoms with van der Waals surface area (Å²) in [4.78, 5) is 36.2. The number of amides is 2. The number of nitrogens with one attached hydrogen (secondary N) is 1. The van der Waals surface area contributed by atoms with Crippen LogP contribution in [0.4, 0.5) is 0 Å². The molecule has 0 radical (unpaired) electrons. The summed E-state index contributed by atoms with van der Waals surface area (Å²) < 4.78 is 5.34. The molecule has 1 heterocycles. The van der Waals surface area contributed by atoms with Gasteiger partial charge in [-0.3, -0.25) is 19.8 Å². The maximum Gasteiger partial charge on any atom is 0.344 e. The first kappa shape index (κ1) is 16.6. The highest BCUT2D eigenvalue weighted by Crippen LogP contribution is 2.23. The van der Waals surface area contributed by atoms with Gasteiger partial charge in [0.25, 0.3) is 11.8 Å². The van der Waals surface area contributed by atoms with E-state index in [2.05, 4.69) is 5.32 Å². The number of nitrogens with zero attached hydrogens (tertiary/aromatic N) is 1. The number of thiocarbonyl (C=S) groups is 1. The van der Waals surface area contributed by atoms with E-state index in [9.17, 15) is 14.4 Å². The van der Waals surface area contributed by atoms with E-state index in [0.29, 0.717) is 5.56 Å². The summed E-state index contributed by atoms with van der Waals surface area (Å²) in [6.45, 7) is 1.39. The van der Waals surface area contributed by atoms with Gasteiger partial charge in [0.2, 0.25) is 0 Å². The molecule has 1 saturated heterocycles. The third-order valence-corrected chi connectivity index (χ3v) is 3.55. The molecule has 120 valence electrons. The first-order chi connectivity index (χ1) is 10.8. The van der Waals surface area contributed by atoms with Gasteiger partial charge < -0.3 is 9.84 Å². The molecule has 1 atom stereocenters. The number of carboxylic acid groups (broad SMARTS) is 1. The zero-order chi connectivity index (χ0) is 17.1. The molecule has 1 fully saturated rings. The van der Waals surface area contributed by atoms with Crippen LogP contribution in [0.1, 0.15) is 12.5 Å². The molecule has 23 heavy (non-hydrogen) atoms. The Balaban J connectivity index is 2.39. The van der Waals surface area contributed by atoms with Crippen LogP contribution in [0.5, 0.6) is 5.75 Å². The van der Waals surface area contributed by atoms with Crippen molar-refractivity contribution in [2.24, 2.45) is 0 Å². The van der Waals surface area contributed by atoms with Crippen molar-refractivity contribution in [2.45, 2.75) is 13.0 Å². The Bertz CT molecular complexity index is 728. The molecule has 1 aromatic carbocycles. The maximum absolute atomic E-state index is 12.2. The van der Waals surface area contributed by atoms with E-state index < -0.39 is 23.9 Å². The largest absolute Gasteiger partial charge is 0.479 e. The topological polar surface area (TPSA) is 95.9 Å². The van der Waals surface area contributed by atoms with Crippen LogP contribution in [0.3, 0.4) is 0 Å². The Labute approximate surface area is 137 Å². The molecule has 0 aliphatic carbocycles. The summed E-state index contributed by atoms with van der Waals surface area (Å²) in [7, 11) is 1.45. The summed E-state index contributed by atoms with van der Waals surface area (Å²) in [5.41, 5.74) is 0.306. The van der Waals surface area contributed by atoms with Crippen LogP contribution in [-0.4, -0.2) is 46.1 Å². The minimum absolute atomic E-state index is 0.0289. The van der Waals surface area contributed by atoms with Crippen molar-refractivity contribution >= 4 is 41.2 Å². The van der Waals surface area contributed by atoms with Gasteiger partial charge in [-0.2, -0.15) is 0 Å². The van der Waals surface area contributed by atoms with Crippen molar-refractivity contribution in [2.75, 3.05) is 7.05 Å². The van der Waals surface area contributed by atoms with Crippen molar-refractivity contribution in [1.29, 1.82) is 0 Å². The molecule has 0 saturated carbocycles. The highest BCUT2D eigenvalue weighted by atomic mass is 32.1. The highest BCUT2D eigenvalue weighted by Gasteiger charge is 2.31. The standard InChI is InChI=1S/C15H14N2O5S/c1-8(14(20)21)22-11-6-4-3-5-9(11)7-10-12(18)16-15(23)17(2)13(10)19/h3-8H,1-2H3,(H,20,21)(H,16,18,23)/b10-7+/t8-/m1/s1. The van der Waals surface area contributed by atoms with Crippen molar-refractivity contribution in [3.05, 3.63) is 35.4 Å². The quantitative estimate of drug-likeness (QED) is 0.480. The first-order valence-corrected chi connectivity index (χ1v) is 7.05. The number of hydrogen-bond acceptors (Lipinski definition) is 5. The van der Waals surface area contributed by atoms with E-state index in [1.165, 1.54) is 20.0 Å². The molecular formula is C15H14N2O5S. The Morgan fingerprint density at radius 1 is 1.39 bits per heavy atom. The van der Waals surface area contributed by atoms with Gasteiger partial charge in [0.15, 0.2) is 11.2 Å². The molecule has 0 aromatic heterocycles. The Morgan fingerprint density at radius 3 is 2.70 bits per heavy atom. The molecule has 0 unspecified atom stereocenters. The monoisotopic (exact) mass is 334 g/mol. The molecule has 2 amide bonds. The van der Waals surface area contributed by atoms with Crippen LogP contribution in [0, 0.1) is 0 Å². The van der Waals surface area contributed by atoms with Gasteiger partial charge in [-0.25, -0.2) is 4.79 Å². The van der Waals surface area contributed by atoms with Crippen molar-refractivity contribution in [3.63, 3.8) is 0 Å². The number of benzene rings is 1. The van der Waals surface area contributed by atoms with E-state index in [0.717, 1.165) is 4.90 Å².